The van der Waals surface area contributed by atoms with Crippen molar-refractivity contribution in [2.24, 2.45) is 0 Å². The second kappa shape index (κ2) is 9.19. The minimum Gasteiger partial charge on any atom is -0.435 e. The van der Waals surface area contributed by atoms with E-state index < -0.39 is 6.61 Å². The van der Waals surface area contributed by atoms with Crippen LogP contribution in [0, 0.1) is 0 Å². The van der Waals surface area contributed by atoms with Crippen LogP contribution in [0.3, 0.4) is 0 Å². The molecule has 0 atom stereocenters. The normalized spacial score (nSPS) is 10.8. The van der Waals surface area contributed by atoms with Crippen molar-refractivity contribution in [3.05, 3.63) is 54.4 Å². The van der Waals surface area contributed by atoms with Crippen molar-refractivity contribution in [1.29, 1.82) is 0 Å². The van der Waals surface area contributed by atoms with Crippen molar-refractivity contribution in [2.75, 3.05) is 18.4 Å². The molecule has 0 unspecified atom stereocenters. The summed E-state index contributed by atoms with van der Waals surface area (Å²) in [4.78, 5) is 19.6. The van der Waals surface area contributed by atoms with Gasteiger partial charge in [-0.05, 0) is 29.8 Å². The van der Waals surface area contributed by atoms with Crippen molar-refractivity contribution in [3.63, 3.8) is 0 Å². The monoisotopic (exact) mass is 334 g/mol. The summed E-state index contributed by atoms with van der Waals surface area (Å²) >= 11 is 0. The molecule has 8 heteroatoms. The fourth-order valence-corrected chi connectivity index (χ4v) is 1.74. The van der Waals surface area contributed by atoms with Gasteiger partial charge in [-0.25, -0.2) is 9.97 Å². The fourth-order valence-electron chi connectivity index (χ4n) is 1.74. The minimum atomic E-state index is -2.85. The van der Waals surface area contributed by atoms with Crippen LogP contribution in [0.1, 0.15) is 5.56 Å². The smallest absolute Gasteiger partial charge is 0.387 e. The van der Waals surface area contributed by atoms with Crippen molar-refractivity contribution in [2.45, 2.75) is 6.61 Å². The van der Waals surface area contributed by atoms with E-state index >= 15 is 0 Å². The number of hydrogen-bond acceptors (Lipinski definition) is 5. The van der Waals surface area contributed by atoms with Crippen molar-refractivity contribution < 1.29 is 18.3 Å². The SMILES string of the molecule is O=C(/C=C\c1ccc(OC(F)F)cc1)NCCNc1ncccn1. The van der Waals surface area contributed by atoms with Crippen LogP contribution < -0.4 is 15.4 Å². The number of alkyl halides is 2. The third kappa shape index (κ3) is 6.39. The molecule has 1 aromatic carbocycles. The Morgan fingerprint density at radius 2 is 1.88 bits per heavy atom. The third-order valence-electron chi connectivity index (χ3n) is 2.81. The predicted octanol–water partition coefficient (Wildman–Crippen LogP) is 2.32. The second-order valence-corrected chi connectivity index (χ2v) is 4.57. The van der Waals surface area contributed by atoms with Crippen molar-refractivity contribution in [3.8, 4) is 5.75 Å². The van der Waals surface area contributed by atoms with Crippen LogP contribution >= 0.6 is 0 Å². The van der Waals surface area contributed by atoms with E-state index in [1.165, 1.54) is 18.2 Å². The van der Waals surface area contributed by atoms with E-state index in [-0.39, 0.29) is 11.7 Å². The summed E-state index contributed by atoms with van der Waals surface area (Å²) in [6.45, 7) is -1.96. The quantitative estimate of drug-likeness (QED) is 0.572. The van der Waals surface area contributed by atoms with E-state index in [0.29, 0.717) is 24.6 Å². The van der Waals surface area contributed by atoms with Crippen LogP contribution in [-0.4, -0.2) is 35.6 Å². The second-order valence-electron chi connectivity index (χ2n) is 4.57. The number of aromatic nitrogens is 2. The van der Waals surface area contributed by atoms with Gasteiger partial charge in [0.2, 0.25) is 11.9 Å². The van der Waals surface area contributed by atoms with Crippen molar-refractivity contribution >= 4 is 17.9 Å². The number of nitrogens with one attached hydrogen (secondary N) is 2. The lowest BCUT2D eigenvalue weighted by atomic mass is 10.2. The fraction of sp³-hybridized carbons (Fsp3) is 0.188. The highest BCUT2D eigenvalue weighted by Crippen LogP contribution is 2.15. The van der Waals surface area contributed by atoms with E-state index in [1.54, 1.807) is 36.7 Å². The first-order valence-electron chi connectivity index (χ1n) is 7.15. The molecule has 6 nitrogen and oxygen atoms in total. The molecule has 0 fully saturated rings. The highest BCUT2D eigenvalue weighted by Gasteiger charge is 2.03. The summed E-state index contributed by atoms with van der Waals surface area (Å²) in [5, 5.41) is 5.65. The molecule has 0 saturated carbocycles. The molecule has 2 rings (SSSR count). The maximum absolute atomic E-state index is 12.0. The molecule has 24 heavy (non-hydrogen) atoms. The third-order valence-corrected chi connectivity index (χ3v) is 2.81. The lowest BCUT2D eigenvalue weighted by molar-refractivity contribution is -0.116. The Morgan fingerprint density at radius 3 is 2.54 bits per heavy atom. The number of hydrogen-bond donors (Lipinski definition) is 2. The van der Waals surface area contributed by atoms with Gasteiger partial charge in [0, 0.05) is 31.6 Å². The predicted molar refractivity (Wildman–Crippen MR) is 85.6 cm³/mol. The molecule has 0 aliphatic carbocycles. The number of benzene rings is 1. The number of rotatable bonds is 8. The first-order chi connectivity index (χ1) is 11.6. The van der Waals surface area contributed by atoms with Crippen molar-refractivity contribution in [1.82, 2.24) is 15.3 Å². The molecular formula is C16H16F2N4O2. The molecule has 0 bridgehead atoms. The van der Waals surface area contributed by atoms with Crippen LogP contribution in [0.2, 0.25) is 0 Å². The molecule has 0 aliphatic rings. The minimum absolute atomic E-state index is 0.0702. The first kappa shape index (κ1) is 17.3. The van der Waals surface area contributed by atoms with Gasteiger partial charge in [-0.1, -0.05) is 12.1 Å². The summed E-state index contributed by atoms with van der Waals surface area (Å²) in [5.74, 6) is 0.299. The molecule has 2 aromatic rings. The molecule has 2 N–H and O–H groups in total. The number of amides is 1. The largest absolute Gasteiger partial charge is 0.435 e. The van der Waals surface area contributed by atoms with Gasteiger partial charge in [0.15, 0.2) is 0 Å². The first-order valence-corrected chi connectivity index (χ1v) is 7.15. The van der Waals surface area contributed by atoms with Gasteiger partial charge >= 0.3 is 6.61 Å². The van der Waals surface area contributed by atoms with Crippen LogP contribution in [-0.2, 0) is 4.79 Å². The zero-order valence-electron chi connectivity index (χ0n) is 12.7. The summed E-state index contributed by atoms with van der Waals surface area (Å²) < 4.78 is 28.3. The number of carbonyl (C=O) groups is 1. The van der Waals surface area contributed by atoms with Gasteiger partial charge in [0.1, 0.15) is 5.75 Å². The van der Waals surface area contributed by atoms with Crippen LogP contribution in [0.25, 0.3) is 6.08 Å². The van der Waals surface area contributed by atoms with E-state index in [0.717, 1.165) is 0 Å². The van der Waals surface area contributed by atoms with Crippen LogP contribution in [0.5, 0.6) is 5.75 Å². The van der Waals surface area contributed by atoms with Gasteiger partial charge in [0.25, 0.3) is 0 Å². The number of halogens is 2. The molecule has 0 aliphatic heterocycles. The molecule has 1 aromatic heterocycles. The molecule has 0 radical (unpaired) electrons. The summed E-state index contributed by atoms with van der Waals surface area (Å²) in [7, 11) is 0. The summed E-state index contributed by atoms with van der Waals surface area (Å²) in [6, 6.07) is 7.69. The highest BCUT2D eigenvalue weighted by molar-refractivity contribution is 5.91. The molecule has 0 spiro atoms. The highest BCUT2D eigenvalue weighted by atomic mass is 19.3. The van der Waals surface area contributed by atoms with Crippen LogP contribution in [0.4, 0.5) is 14.7 Å². The van der Waals surface area contributed by atoms with Gasteiger partial charge in [-0.2, -0.15) is 8.78 Å². The van der Waals surface area contributed by atoms with E-state index in [2.05, 4.69) is 25.3 Å². The Labute approximate surface area is 137 Å². The van der Waals surface area contributed by atoms with Gasteiger partial charge in [0.05, 0.1) is 0 Å². The zero-order chi connectivity index (χ0) is 17.2. The Morgan fingerprint density at radius 1 is 1.17 bits per heavy atom. The standard InChI is InChI=1S/C16H16F2N4O2/c17-15(18)24-13-5-2-12(3-6-13)4-7-14(23)19-10-11-22-16-20-8-1-9-21-16/h1-9,15H,10-11H2,(H,19,23)(H,20,21,22)/b7-4-. The van der Waals surface area contributed by atoms with Gasteiger partial charge in [-0.3, -0.25) is 4.79 Å². The topological polar surface area (TPSA) is 76.1 Å². The average molecular weight is 334 g/mol. The number of anilines is 1. The number of carbonyl (C=O) groups excluding carboxylic acids is 1. The average Bonchev–Trinajstić information content (AvgIpc) is 2.58. The Kier molecular flexibility index (Phi) is 6.63. The van der Waals surface area contributed by atoms with Gasteiger partial charge < -0.3 is 15.4 Å². The Balaban J connectivity index is 1.70. The lowest BCUT2D eigenvalue weighted by Gasteiger charge is -2.05. The summed E-state index contributed by atoms with van der Waals surface area (Å²) in [5.41, 5.74) is 0.697. The lowest BCUT2D eigenvalue weighted by Crippen LogP contribution is -2.27. The number of nitrogens with zero attached hydrogens (tertiary/aromatic N) is 2. The van der Waals surface area contributed by atoms with Gasteiger partial charge in [-0.15, -0.1) is 0 Å². The maximum Gasteiger partial charge on any atom is 0.387 e. The number of ether oxygens (including phenoxy) is 1. The molecule has 0 saturated heterocycles. The Bertz CT molecular complexity index is 664. The summed E-state index contributed by atoms with van der Waals surface area (Å²) in [6.07, 6.45) is 6.18. The molecule has 1 heterocycles. The van der Waals surface area contributed by atoms with Crippen LogP contribution in [0.15, 0.2) is 48.8 Å². The van der Waals surface area contributed by atoms with E-state index in [4.69, 9.17) is 0 Å². The molecule has 126 valence electrons. The van der Waals surface area contributed by atoms with E-state index in [9.17, 15) is 13.6 Å². The molecule has 1 amide bonds. The zero-order valence-corrected chi connectivity index (χ0v) is 12.7. The van der Waals surface area contributed by atoms with E-state index in [1.807, 2.05) is 0 Å². The Hall–Kier alpha value is -3.03. The molecular weight excluding hydrogens is 318 g/mol. The maximum atomic E-state index is 12.0.